The fourth-order valence-electron chi connectivity index (χ4n) is 3.68. The molecule has 1 saturated heterocycles. The molecule has 3 fully saturated rings. The minimum Gasteiger partial charge on any atom is -0.408 e. The Hall–Kier alpha value is -2.37. The smallest absolute Gasteiger partial charge is 0.315 e. The summed E-state index contributed by atoms with van der Waals surface area (Å²) in [6.45, 7) is 4.22. The normalized spacial score (nSPS) is 24.7. The zero-order chi connectivity index (χ0) is 18.7. The van der Waals surface area contributed by atoms with E-state index in [1.165, 1.54) is 25.7 Å². The highest BCUT2D eigenvalue weighted by Crippen LogP contribution is 2.53. The molecule has 3 aliphatic rings. The van der Waals surface area contributed by atoms with Crippen molar-refractivity contribution in [3.05, 3.63) is 42.3 Å². The Kier molecular flexibility index (Phi) is 5.14. The van der Waals surface area contributed by atoms with Crippen LogP contribution in [0.1, 0.15) is 50.8 Å². The topological polar surface area (TPSA) is 71.3 Å². The van der Waals surface area contributed by atoms with Crippen LogP contribution in [0.3, 0.4) is 0 Å². The van der Waals surface area contributed by atoms with Crippen LogP contribution in [0.4, 0.5) is 6.01 Å². The van der Waals surface area contributed by atoms with Crippen molar-refractivity contribution in [2.45, 2.75) is 44.9 Å². The van der Waals surface area contributed by atoms with Crippen LogP contribution in [0.2, 0.25) is 0 Å². The summed E-state index contributed by atoms with van der Waals surface area (Å²) in [6, 6.07) is 12.4. The third kappa shape index (κ3) is 4.67. The first-order valence-corrected chi connectivity index (χ1v) is 10.0. The Bertz CT molecular complexity index is 720. The Balaban J connectivity index is 0.000000257. The summed E-state index contributed by atoms with van der Waals surface area (Å²) in [4.78, 5) is 14.1. The number of hydrogen-bond donors (Lipinski definition) is 1. The van der Waals surface area contributed by atoms with Crippen molar-refractivity contribution in [3.63, 3.8) is 0 Å². The zero-order valence-electron chi connectivity index (χ0n) is 15.9. The van der Waals surface area contributed by atoms with Gasteiger partial charge in [0.2, 0.25) is 11.8 Å². The number of carbonyl (C=O) groups excluding carboxylic acids is 1. The lowest BCUT2D eigenvalue weighted by atomic mass is 9.94. The predicted molar refractivity (Wildman–Crippen MR) is 103 cm³/mol. The SMILES string of the molecule is CC1C[C@H]1c1nnc(NCC(=O)N2CCC3(CC2)CC3)o1.c1ccccc1. The lowest BCUT2D eigenvalue weighted by molar-refractivity contribution is -0.130. The maximum Gasteiger partial charge on any atom is 0.315 e. The largest absolute Gasteiger partial charge is 0.408 e. The molecule has 6 heteroatoms. The van der Waals surface area contributed by atoms with Crippen LogP contribution in [0.25, 0.3) is 0 Å². The van der Waals surface area contributed by atoms with Gasteiger partial charge in [-0.2, -0.15) is 0 Å². The van der Waals surface area contributed by atoms with Crippen molar-refractivity contribution < 1.29 is 9.21 Å². The van der Waals surface area contributed by atoms with E-state index in [9.17, 15) is 4.79 Å². The zero-order valence-corrected chi connectivity index (χ0v) is 15.9. The summed E-state index contributed by atoms with van der Waals surface area (Å²) < 4.78 is 5.55. The van der Waals surface area contributed by atoms with E-state index in [0.717, 1.165) is 19.5 Å². The van der Waals surface area contributed by atoms with Gasteiger partial charge in [-0.1, -0.05) is 48.4 Å². The van der Waals surface area contributed by atoms with Gasteiger partial charge in [-0.15, -0.1) is 5.10 Å². The number of benzene rings is 1. The number of amides is 1. The number of carbonyl (C=O) groups is 1. The van der Waals surface area contributed by atoms with Gasteiger partial charge in [-0.05, 0) is 43.4 Å². The maximum atomic E-state index is 12.2. The number of aromatic nitrogens is 2. The molecular formula is C21H28N4O2. The molecule has 1 unspecified atom stereocenters. The molecule has 27 heavy (non-hydrogen) atoms. The van der Waals surface area contributed by atoms with E-state index in [1.54, 1.807) is 0 Å². The third-order valence-electron chi connectivity index (χ3n) is 6.06. The number of likely N-dealkylation sites (tertiary alicyclic amines) is 1. The molecule has 2 atom stereocenters. The van der Waals surface area contributed by atoms with Crippen LogP contribution < -0.4 is 5.32 Å². The molecule has 1 aromatic heterocycles. The van der Waals surface area contributed by atoms with E-state index in [1.807, 2.05) is 41.3 Å². The highest BCUT2D eigenvalue weighted by atomic mass is 16.4. The second kappa shape index (κ2) is 7.71. The summed E-state index contributed by atoms with van der Waals surface area (Å²) in [5.41, 5.74) is 0.604. The standard InChI is InChI=1S/C15H22N4O2.C6H6/c1-10-8-11(10)13-17-18-14(21-13)16-9-12(20)19-6-4-15(2-3-15)5-7-19;1-2-4-6-5-3-1/h10-11H,2-9H2,1H3,(H,16,18);1-6H/t10?,11-;/m1./s1. The van der Waals surface area contributed by atoms with Crippen LogP contribution in [0.15, 0.2) is 40.8 Å². The van der Waals surface area contributed by atoms with Crippen molar-refractivity contribution in [1.82, 2.24) is 15.1 Å². The molecule has 1 aliphatic heterocycles. The van der Waals surface area contributed by atoms with E-state index in [4.69, 9.17) is 4.42 Å². The molecule has 6 nitrogen and oxygen atoms in total. The number of anilines is 1. The van der Waals surface area contributed by atoms with Gasteiger partial charge in [-0.25, -0.2) is 0 Å². The van der Waals surface area contributed by atoms with Gasteiger partial charge in [0.15, 0.2) is 0 Å². The van der Waals surface area contributed by atoms with E-state index in [-0.39, 0.29) is 12.5 Å². The first kappa shape index (κ1) is 18.0. The summed E-state index contributed by atoms with van der Waals surface area (Å²) in [5, 5.41) is 11.0. The number of nitrogens with one attached hydrogen (secondary N) is 1. The fourth-order valence-corrected chi connectivity index (χ4v) is 3.68. The Morgan fingerprint density at radius 1 is 1.11 bits per heavy atom. The first-order chi connectivity index (χ1) is 13.2. The van der Waals surface area contributed by atoms with Crippen LogP contribution in [0.5, 0.6) is 0 Å². The van der Waals surface area contributed by atoms with Gasteiger partial charge < -0.3 is 14.6 Å². The van der Waals surface area contributed by atoms with Gasteiger partial charge >= 0.3 is 6.01 Å². The molecule has 2 saturated carbocycles. The van der Waals surface area contributed by atoms with Crippen molar-refractivity contribution in [2.75, 3.05) is 25.0 Å². The summed E-state index contributed by atoms with van der Waals surface area (Å²) in [5.74, 6) is 1.89. The highest BCUT2D eigenvalue weighted by molar-refractivity contribution is 5.80. The Labute approximate surface area is 160 Å². The van der Waals surface area contributed by atoms with Crippen molar-refractivity contribution in [3.8, 4) is 0 Å². The molecular weight excluding hydrogens is 340 g/mol. The molecule has 1 amide bonds. The molecule has 1 aromatic carbocycles. The van der Waals surface area contributed by atoms with Crippen molar-refractivity contribution in [1.29, 1.82) is 0 Å². The molecule has 5 rings (SSSR count). The van der Waals surface area contributed by atoms with Gasteiger partial charge in [-0.3, -0.25) is 4.79 Å². The highest BCUT2D eigenvalue weighted by Gasteiger charge is 2.45. The second-order valence-corrected chi connectivity index (χ2v) is 8.15. The Morgan fingerprint density at radius 2 is 1.70 bits per heavy atom. The van der Waals surface area contributed by atoms with Gasteiger partial charge in [0.05, 0.1) is 6.54 Å². The van der Waals surface area contributed by atoms with Crippen molar-refractivity contribution >= 4 is 11.9 Å². The number of nitrogens with zero attached hydrogens (tertiary/aromatic N) is 3. The Morgan fingerprint density at radius 3 is 2.22 bits per heavy atom. The molecule has 0 bridgehead atoms. The monoisotopic (exact) mass is 368 g/mol. The van der Waals surface area contributed by atoms with E-state index in [2.05, 4.69) is 22.4 Å². The average Bonchev–Trinajstić information content (AvgIpc) is 3.59. The van der Waals surface area contributed by atoms with Crippen LogP contribution in [-0.2, 0) is 4.79 Å². The number of piperidine rings is 1. The number of rotatable bonds is 4. The molecule has 0 radical (unpaired) electrons. The minimum atomic E-state index is 0.130. The van der Waals surface area contributed by atoms with E-state index in [0.29, 0.717) is 29.2 Å². The van der Waals surface area contributed by atoms with Gasteiger partial charge in [0, 0.05) is 19.0 Å². The lowest BCUT2D eigenvalue weighted by Gasteiger charge is -2.32. The molecule has 1 spiro atoms. The van der Waals surface area contributed by atoms with Crippen molar-refractivity contribution in [2.24, 2.45) is 11.3 Å². The lowest BCUT2D eigenvalue weighted by Crippen LogP contribution is -2.41. The summed E-state index contributed by atoms with van der Waals surface area (Å²) in [7, 11) is 0. The second-order valence-electron chi connectivity index (χ2n) is 8.15. The molecule has 2 aromatic rings. The van der Waals surface area contributed by atoms with Crippen LogP contribution >= 0.6 is 0 Å². The molecule has 144 valence electrons. The molecule has 2 heterocycles. The third-order valence-corrected chi connectivity index (χ3v) is 6.06. The quantitative estimate of drug-likeness (QED) is 0.891. The van der Waals surface area contributed by atoms with Gasteiger partial charge in [0.1, 0.15) is 0 Å². The first-order valence-electron chi connectivity index (χ1n) is 10.0. The van der Waals surface area contributed by atoms with E-state index < -0.39 is 0 Å². The molecule has 1 N–H and O–H groups in total. The molecule has 2 aliphatic carbocycles. The summed E-state index contributed by atoms with van der Waals surface area (Å²) >= 11 is 0. The van der Waals surface area contributed by atoms with Crippen LogP contribution in [0, 0.1) is 11.3 Å². The number of hydrogen-bond acceptors (Lipinski definition) is 5. The van der Waals surface area contributed by atoms with Gasteiger partial charge in [0.25, 0.3) is 0 Å². The predicted octanol–water partition coefficient (Wildman–Crippen LogP) is 3.69. The fraction of sp³-hybridized carbons (Fsp3) is 0.571. The van der Waals surface area contributed by atoms with E-state index >= 15 is 0 Å². The summed E-state index contributed by atoms with van der Waals surface area (Å²) in [6.07, 6.45) is 6.18. The minimum absolute atomic E-state index is 0.130. The van der Waals surface area contributed by atoms with Crippen LogP contribution in [-0.4, -0.2) is 40.6 Å². The maximum absolute atomic E-state index is 12.2. The average molecular weight is 368 g/mol.